The summed E-state index contributed by atoms with van der Waals surface area (Å²) in [4.78, 5) is 26.6. The van der Waals surface area contributed by atoms with E-state index < -0.39 is 6.03 Å². The highest BCUT2D eigenvalue weighted by molar-refractivity contribution is 9.10. The van der Waals surface area contributed by atoms with Gasteiger partial charge in [-0.05, 0) is 42.6 Å². The molecule has 0 saturated heterocycles. The molecule has 0 aliphatic carbocycles. The molecule has 2 N–H and O–H groups in total. The number of thiophene rings is 1. The average molecular weight is 410 g/mol. The molecule has 7 heteroatoms. The van der Waals surface area contributed by atoms with Crippen LogP contribution in [0.25, 0.3) is 0 Å². The maximum atomic E-state index is 11.9. The van der Waals surface area contributed by atoms with Gasteiger partial charge in [-0.3, -0.25) is 15.0 Å². The zero-order valence-corrected chi connectivity index (χ0v) is 15.8. The first-order chi connectivity index (χ1) is 11.5. The van der Waals surface area contributed by atoms with Crippen LogP contribution < -0.4 is 10.6 Å². The lowest BCUT2D eigenvalue weighted by Crippen LogP contribution is -2.44. The Bertz CT molecular complexity index is 659. The summed E-state index contributed by atoms with van der Waals surface area (Å²) < 4.78 is 1.02. The molecule has 1 aromatic heterocycles. The van der Waals surface area contributed by atoms with Crippen molar-refractivity contribution in [1.82, 2.24) is 15.5 Å². The molecule has 3 amide bonds. The van der Waals surface area contributed by atoms with Crippen LogP contribution in [-0.4, -0.2) is 37.0 Å². The number of likely N-dealkylation sites (N-methyl/N-ethyl adjacent to an activating group) is 1. The number of carbonyl (C=O) groups excluding carboxylic acids is 2. The minimum atomic E-state index is -0.450. The lowest BCUT2D eigenvalue weighted by atomic mass is 10.2. The fourth-order valence-corrected chi connectivity index (χ4v) is 3.14. The summed E-state index contributed by atoms with van der Waals surface area (Å²) in [6.07, 6.45) is 0.767. The molecule has 0 saturated carbocycles. The van der Waals surface area contributed by atoms with E-state index >= 15 is 0 Å². The highest BCUT2D eigenvalue weighted by Crippen LogP contribution is 2.11. The molecule has 24 heavy (non-hydrogen) atoms. The van der Waals surface area contributed by atoms with Crippen LogP contribution in [0.15, 0.2) is 46.3 Å². The van der Waals surface area contributed by atoms with E-state index in [1.807, 2.05) is 53.7 Å². The van der Waals surface area contributed by atoms with Crippen molar-refractivity contribution in [3.8, 4) is 0 Å². The van der Waals surface area contributed by atoms with Gasteiger partial charge >= 0.3 is 6.03 Å². The molecule has 5 nitrogen and oxygen atoms in total. The lowest BCUT2D eigenvalue weighted by Gasteiger charge is -2.16. The quantitative estimate of drug-likeness (QED) is 0.738. The van der Waals surface area contributed by atoms with E-state index in [2.05, 4.69) is 26.6 Å². The third-order valence-corrected chi connectivity index (χ3v) is 4.73. The highest BCUT2D eigenvalue weighted by Gasteiger charge is 2.10. The first kappa shape index (κ1) is 18.6. The van der Waals surface area contributed by atoms with Crippen LogP contribution in [0.5, 0.6) is 0 Å². The Morgan fingerprint density at radius 2 is 1.96 bits per heavy atom. The van der Waals surface area contributed by atoms with Crippen LogP contribution in [0.3, 0.4) is 0 Å². The van der Waals surface area contributed by atoms with Crippen molar-refractivity contribution < 1.29 is 9.59 Å². The van der Waals surface area contributed by atoms with Crippen molar-refractivity contribution in [1.29, 1.82) is 0 Å². The molecule has 0 aliphatic rings. The number of nitrogens with zero attached hydrogens (tertiary/aromatic N) is 1. The van der Waals surface area contributed by atoms with Crippen LogP contribution in [0.1, 0.15) is 10.4 Å². The van der Waals surface area contributed by atoms with Gasteiger partial charge in [0.25, 0.3) is 0 Å². The summed E-state index contributed by atoms with van der Waals surface area (Å²) in [5.74, 6) is -0.316. The van der Waals surface area contributed by atoms with E-state index in [0.717, 1.165) is 16.5 Å². The van der Waals surface area contributed by atoms with Crippen molar-refractivity contribution in [3.05, 3.63) is 56.7 Å². The van der Waals surface area contributed by atoms with Crippen LogP contribution in [0.4, 0.5) is 4.79 Å². The van der Waals surface area contributed by atoms with Gasteiger partial charge in [-0.1, -0.05) is 34.1 Å². The van der Waals surface area contributed by atoms with Crippen molar-refractivity contribution in [2.24, 2.45) is 0 Å². The predicted octanol–water partition coefficient (Wildman–Crippen LogP) is 3.01. The number of hydrogen-bond donors (Lipinski definition) is 2. The van der Waals surface area contributed by atoms with Gasteiger partial charge in [-0.2, -0.15) is 0 Å². The van der Waals surface area contributed by atoms with Gasteiger partial charge in [0.2, 0.25) is 5.91 Å². The summed E-state index contributed by atoms with van der Waals surface area (Å²) >= 11 is 5.04. The molecule has 0 unspecified atom stereocenters. The molecule has 128 valence electrons. The van der Waals surface area contributed by atoms with Gasteiger partial charge < -0.3 is 5.32 Å². The van der Waals surface area contributed by atoms with Gasteiger partial charge in [0.15, 0.2) is 0 Å². The number of nitrogens with one attached hydrogen (secondary N) is 2. The Hall–Kier alpha value is -1.70. The van der Waals surface area contributed by atoms with E-state index in [-0.39, 0.29) is 12.5 Å². The van der Waals surface area contributed by atoms with Crippen LogP contribution >= 0.6 is 27.3 Å². The summed E-state index contributed by atoms with van der Waals surface area (Å²) in [6.45, 7) is 1.31. The number of halogens is 1. The number of rotatable bonds is 7. The van der Waals surface area contributed by atoms with Gasteiger partial charge in [-0.15, -0.1) is 11.3 Å². The van der Waals surface area contributed by atoms with Crippen molar-refractivity contribution in [2.75, 3.05) is 20.1 Å². The fourth-order valence-electron chi connectivity index (χ4n) is 2.17. The van der Waals surface area contributed by atoms with E-state index in [1.165, 1.54) is 4.88 Å². The second-order valence-electron chi connectivity index (χ2n) is 5.43. The molecule has 2 rings (SSSR count). The Morgan fingerprint density at radius 3 is 2.62 bits per heavy atom. The van der Waals surface area contributed by atoms with E-state index in [9.17, 15) is 9.59 Å². The minimum Gasteiger partial charge on any atom is -0.337 e. The minimum absolute atomic E-state index is 0.161. The summed E-state index contributed by atoms with van der Waals surface area (Å²) in [6, 6.07) is 11.5. The Kier molecular flexibility index (Phi) is 7.42. The molecule has 0 aliphatic heterocycles. The molecule has 1 heterocycles. The molecule has 2 aromatic rings. The molecule has 0 atom stereocenters. The van der Waals surface area contributed by atoms with Gasteiger partial charge in [0.1, 0.15) is 0 Å². The normalized spacial score (nSPS) is 10.6. The zero-order chi connectivity index (χ0) is 17.4. The maximum Gasteiger partial charge on any atom is 0.321 e. The second kappa shape index (κ2) is 9.56. The number of imide groups is 1. The lowest BCUT2D eigenvalue weighted by molar-refractivity contribution is -0.120. The first-order valence-corrected chi connectivity index (χ1v) is 9.23. The second-order valence-corrected chi connectivity index (χ2v) is 7.38. The van der Waals surface area contributed by atoms with Crippen LogP contribution in [0.2, 0.25) is 0 Å². The van der Waals surface area contributed by atoms with Gasteiger partial charge in [0, 0.05) is 22.4 Å². The SMILES string of the molecule is CN(CC(=O)NC(=O)NCCc1cccs1)Cc1ccc(Br)cc1. The number of urea groups is 1. The zero-order valence-electron chi connectivity index (χ0n) is 13.4. The smallest absolute Gasteiger partial charge is 0.321 e. The average Bonchev–Trinajstić information content (AvgIpc) is 3.02. The van der Waals surface area contributed by atoms with E-state index in [4.69, 9.17) is 0 Å². The van der Waals surface area contributed by atoms with Gasteiger partial charge in [0.05, 0.1) is 6.54 Å². The Balaban J connectivity index is 1.65. The monoisotopic (exact) mass is 409 g/mol. The van der Waals surface area contributed by atoms with Crippen LogP contribution in [0, 0.1) is 0 Å². The van der Waals surface area contributed by atoms with Gasteiger partial charge in [-0.25, -0.2) is 4.79 Å². The third-order valence-electron chi connectivity index (χ3n) is 3.27. The molecule has 1 aromatic carbocycles. The molecule has 0 spiro atoms. The first-order valence-electron chi connectivity index (χ1n) is 7.56. The summed E-state index contributed by atoms with van der Waals surface area (Å²) in [7, 11) is 1.84. The van der Waals surface area contributed by atoms with Crippen molar-refractivity contribution in [3.63, 3.8) is 0 Å². The van der Waals surface area contributed by atoms with Crippen molar-refractivity contribution in [2.45, 2.75) is 13.0 Å². The molecule has 0 bridgehead atoms. The van der Waals surface area contributed by atoms with E-state index in [0.29, 0.717) is 13.1 Å². The van der Waals surface area contributed by atoms with Crippen molar-refractivity contribution >= 4 is 39.2 Å². The summed E-state index contributed by atoms with van der Waals surface area (Å²) in [5.41, 5.74) is 1.11. The predicted molar refractivity (Wildman–Crippen MR) is 100 cm³/mol. The van der Waals surface area contributed by atoms with E-state index in [1.54, 1.807) is 11.3 Å². The third kappa shape index (κ3) is 6.82. The number of benzene rings is 1. The number of amides is 3. The Labute approximate surface area is 154 Å². The molecule has 0 fully saturated rings. The number of carbonyl (C=O) groups is 2. The largest absolute Gasteiger partial charge is 0.337 e. The molecular weight excluding hydrogens is 390 g/mol. The Morgan fingerprint density at radius 1 is 1.21 bits per heavy atom. The maximum absolute atomic E-state index is 11.9. The standard InChI is InChI=1S/C17H20BrN3O2S/c1-21(11-13-4-6-14(18)7-5-13)12-16(22)20-17(23)19-9-8-15-3-2-10-24-15/h2-7,10H,8-9,11-12H2,1H3,(H2,19,20,22,23). The topological polar surface area (TPSA) is 61.4 Å². The summed E-state index contributed by atoms with van der Waals surface area (Å²) in [5, 5.41) is 7.04. The highest BCUT2D eigenvalue weighted by atomic mass is 79.9. The molecule has 0 radical (unpaired) electrons. The number of hydrogen-bond acceptors (Lipinski definition) is 4. The molecular formula is C17H20BrN3O2S. The van der Waals surface area contributed by atoms with Crippen LogP contribution in [-0.2, 0) is 17.8 Å². The fraction of sp³-hybridized carbons (Fsp3) is 0.294.